The molecule has 3 heteroatoms. The maximum Gasteiger partial charge on any atom is 0.260 e. The minimum absolute atomic E-state index is 0.0903. The molecule has 0 aliphatic carbocycles. The Labute approximate surface area is 126 Å². The summed E-state index contributed by atoms with van der Waals surface area (Å²) in [7, 11) is 0. The summed E-state index contributed by atoms with van der Waals surface area (Å²) in [6.45, 7) is 9.59. The smallest absolute Gasteiger partial charge is 0.260 e. The van der Waals surface area contributed by atoms with Gasteiger partial charge in [-0.3, -0.25) is 14.5 Å². The number of benzene rings is 1. The lowest BCUT2D eigenvalue weighted by molar-refractivity contribution is -0.148. The molecule has 1 aliphatic heterocycles. The fourth-order valence-electron chi connectivity index (χ4n) is 2.93. The van der Waals surface area contributed by atoms with Gasteiger partial charge >= 0.3 is 0 Å². The van der Waals surface area contributed by atoms with Gasteiger partial charge in [0.2, 0.25) is 5.91 Å². The molecule has 1 heterocycles. The molecule has 1 aromatic rings. The summed E-state index contributed by atoms with van der Waals surface area (Å²) < 4.78 is 0. The monoisotopic (exact) mass is 285 g/mol. The molecule has 0 spiro atoms. The lowest BCUT2D eigenvalue weighted by Crippen LogP contribution is -2.59. The van der Waals surface area contributed by atoms with E-state index < -0.39 is 11.0 Å². The normalized spacial score (nSPS) is 24.7. The number of likely N-dealkylation sites (tertiary alicyclic amines) is 1. The zero-order chi connectivity index (χ0) is 15.7. The lowest BCUT2D eigenvalue weighted by Gasteiger charge is -2.48. The Morgan fingerprint density at radius 3 is 2.43 bits per heavy atom. The second-order valence-corrected chi connectivity index (χ2v) is 6.68. The van der Waals surface area contributed by atoms with Crippen LogP contribution in [0.15, 0.2) is 43.0 Å². The molecule has 0 bridgehead atoms. The maximum atomic E-state index is 12.9. The molecule has 1 atom stereocenters. The van der Waals surface area contributed by atoms with Crippen molar-refractivity contribution in [2.45, 2.75) is 45.6 Å². The largest absolute Gasteiger partial charge is 0.274 e. The fourth-order valence-corrected chi connectivity index (χ4v) is 2.93. The van der Waals surface area contributed by atoms with Crippen LogP contribution in [0.4, 0.5) is 0 Å². The number of hydrogen-bond donors (Lipinski definition) is 0. The maximum absolute atomic E-state index is 12.9. The van der Waals surface area contributed by atoms with E-state index in [0.29, 0.717) is 12.0 Å². The first-order chi connectivity index (χ1) is 9.82. The number of amides is 2. The summed E-state index contributed by atoms with van der Waals surface area (Å²) in [6, 6.07) is 9.01. The van der Waals surface area contributed by atoms with Gasteiger partial charge in [0.15, 0.2) is 0 Å². The van der Waals surface area contributed by atoms with Gasteiger partial charge in [0, 0.05) is 11.1 Å². The average molecular weight is 285 g/mol. The van der Waals surface area contributed by atoms with Crippen molar-refractivity contribution in [2.75, 3.05) is 0 Å². The highest BCUT2D eigenvalue weighted by atomic mass is 16.2. The Morgan fingerprint density at radius 1 is 1.24 bits per heavy atom. The summed E-state index contributed by atoms with van der Waals surface area (Å²) in [4.78, 5) is 27.2. The van der Waals surface area contributed by atoms with E-state index in [1.54, 1.807) is 18.2 Å². The van der Waals surface area contributed by atoms with Crippen LogP contribution in [-0.2, 0) is 4.79 Å². The van der Waals surface area contributed by atoms with Gasteiger partial charge in [0.25, 0.3) is 5.91 Å². The molecule has 1 aromatic carbocycles. The molecule has 1 saturated heterocycles. The first-order valence-corrected chi connectivity index (χ1v) is 7.37. The zero-order valence-corrected chi connectivity index (χ0v) is 13.1. The number of piperidine rings is 1. The van der Waals surface area contributed by atoms with Crippen LogP contribution in [0.3, 0.4) is 0 Å². The highest BCUT2D eigenvalue weighted by molar-refractivity contribution is 6.07. The molecule has 21 heavy (non-hydrogen) atoms. The minimum atomic E-state index is -0.526. The van der Waals surface area contributed by atoms with Crippen molar-refractivity contribution in [3.63, 3.8) is 0 Å². The van der Waals surface area contributed by atoms with Crippen molar-refractivity contribution in [1.29, 1.82) is 0 Å². The number of carbonyl (C=O) groups is 2. The SMILES string of the molecule is C=CC[C@]1(C)CCC(C)(C)N(C(=O)c2ccccc2)C1=O. The first kappa shape index (κ1) is 15.5. The summed E-state index contributed by atoms with van der Waals surface area (Å²) in [5.74, 6) is -0.298. The van der Waals surface area contributed by atoms with Crippen LogP contribution in [0.1, 0.15) is 50.4 Å². The number of rotatable bonds is 3. The summed E-state index contributed by atoms with van der Waals surface area (Å²) in [5, 5.41) is 0. The Kier molecular flexibility index (Phi) is 4.04. The van der Waals surface area contributed by atoms with Gasteiger partial charge in [-0.1, -0.05) is 31.2 Å². The van der Waals surface area contributed by atoms with Gasteiger partial charge < -0.3 is 0 Å². The highest BCUT2D eigenvalue weighted by Gasteiger charge is 2.49. The van der Waals surface area contributed by atoms with Gasteiger partial charge in [-0.25, -0.2) is 0 Å². The van der Waals surface area contributed by atoms with E-state index in [0.717, 1.165) is 12.8 Å². The van der Waals surface area contributed by atoms with Crippen LogP contribution in [-0.4, -0.2) is 22.3 Å². The first-order valence-electron chi connectivity index (χ1n) is 7.37. The quantitative estimate of drug-likeness (QED) is 0.625. The van der Waals surface area contributed by atoms with Crippen molar-refractivity contribution in [3.05, 3.63) is 48.6 Å². The minimum Gasteiger partial charge on any atom is -0.274 e. The van der Waals surface area contributed by atoms with Gasteiger partial charge in [-0.15, -0.1) is 6.58 Å². The topological polar surface area (TPSA) is 37.4 Å². The molecule has 0 saturated carbocycles. The van der Waals surface area contributed by atoms with Crippen molar-refractivity contribution < 1.29 is 9.59 Å². The molecule has 0 unspecified atom stereocenters. The predicted molar refractivity (Wildman–Crippen MR) is 83.9 cm³/mol. The average Bonchev–Trinajstić information content (AvgIpc) is 2.45. The third kappa shape index (κ3) is 2.78. The fraction of sp³-hybridized carbons (Fsp3) is 0.444. The summed E-state index contributed by atoms with van der Waals surface area (Å²) >= 11 is 0. The third-order valence-electron chi connectivity index (χ3n) is 4.43. The van der Waals surface area contributed by atoms with Crippen LogP contribution >= 0.6 is 0 Å². The van der Waals surface area contributed by atoms with Gasteiger partial charge in [0.1, 0.15) is 0 Å². The molecular formula is C18H23NO2. The molecule has 0 radical (unpaired) electrons. The van der Waals surface area contributed by atoms with E-state index in [9.17, 15) is 9.59 Å². The van der Waals surface area contributed by atoms with Crippen molar-refractivity contribution >= 4 is 11.8 Å². The molecule has 112 valence electrons. The van der Waals surface area contributed by atoms with E-state index in [1.165, 1.54) is 4.90 Å². The van der Waals surface area contributed by atoms with E-state index in [1.807, 2.05) is 39.0 Å². The standard InChI is InChI=1S/C18H23NO2/c1-5-11-18(4)13-12-17(2,3)19(16(18)21)15(20)14-9-7-6-8-10-14/h5-10H,1,11-13H2,2-4H3/t18-/m1/s1. The van der Waals surface area contributed by atoms with Crippen LogP contribution in [0, 0.1) is 5.41 Å². The lowest BCUT2D eigenvalue weighted by atomic mass is 9.72. The molecular weight excluding hydrogens is 262 g/mol. The molecule has 2 amide bonds. The van der Waals surface area contributed by atoms with E-state index in [-0.39, 0.29) is 11.8 Å². The molecule has 0 aromatic heterocycles. The highest BCUT2D eigenvalue weighted by Crippen LogP contribution is 2.42. The second kappa shape index (κ2) is 5.47. The van der Waals surface area contributed by atoms with Gasteiger partial charge in [-0.05, 0) is 45.2 Å². The Hall–Kier alpha value is -1.90. The summed E-state index contributed by atoms with van der Waals surface area (Å²) in [5.41, 5.74) is -0.423. The van der Waals surface area contributed by atoms with Crippen molar-refractivity contribution in [2.24, 2.45) is 5.41 Å². The molecule has 2 rings (SSSR count). The third-order valence-corrected chi connectivity index (χ3v) is 4.43. The summed E-state index contributed by atoms with van der Waals surface area (Å²) in [6.07, 6.45) is 3.95. The van der Waals surface area contributed by atoms with Crippen LogP contribution in [0.5, 0.6) is 0 Å². The predicted octanol–water partition coefficient (Wildman–Crippen LogP) is 3.81. The Bertz CT molecular complexity index is 562. The van der Waals surface area contributed by atoms with E-state index >= 15 is 0 Å². The Morgan fingerprint density at radius 2 is 1.86 bits per heavy atom. The van der Waals surface area contributed by atoms with Crippen LogP contribution in [0.25, 0.3) is 0 Å². The molecule has 1 aliphatic rings. The Balaban J connectivity index is 2.40. The van der Waals surface area contributed by atoms with Crippen LogP contribution in [0.2, 0.25) is 0 Å². The number of nitrogens with zero attached hydrogens (tertiary/aromatic N) is 1. The van der Waals surface area contributed by atoms with Crippen molar-refractivity contribution in [1.82, 2.24) is 4.90 Å². The molecule has 3 nitrogen and oxygen atoms in total. The molecule has 1 fully saturated rings. The zero-order valence-electron chi connectivity index (χ0n) is 13.1. The number of allylic oxidation sites excluding steroid dienone is 1. The number of imide groups is 1. The van der Waals surface area contributed by atoms with Gasteiger partial charge in [-0.2, -0.15) is 0 Å². The number of hydrogen-bond acceptors (Lipinski definition) is 2. The molecule has 0 N–H and O–H groups in total. The number of carbonyl (C=O) groups excluding carboxylic acids is 2. The van der Waals surface area contributed by atoms with Crippen molar-refractivity contribution in [3.8, 4) is 0 Å². The van der Waals surface area contributed by atoms with E-state index in [2.05, 4.69) is 6.58 Å². The second-order valence-electron chi connectivity index (χ2n) is 6.68. The van der Waals surface area contributed by atoms with E-state index in [4.69, 9.17) is 0 Å². The van der Waals surface area contributed by atoms with Crippen LogP contribution < -0.4 is 0 Å². The van der Waals surface area contributed by atoms with Gasteiger partial charge in [0.05, 0.1) is 5.41 Å².